The highest BCUT2D eigenvalue weighted by Crippen LogP contribution is 2.22. The number of benzene rings is 1. The predicted octanol–water partition coefficient (Wildman–Crippen LogP) is 4.73. The van der Waals surface area contributed by atoms with Crippen LogP contribution in [0.5, 0.6) is 0 Å². The Labute approximate surface area is 114 Å². The first-order chi connectivity index (χ1) is 9.16. The van der Waals surface area contributed by atoms with E-state index in [4.69, 9.17) is 0 Å². The summed E-state index contributed by atoms with van der Waals surface area (Å²) in [7, 11) is 0. The molecule has 0 bridgehead atoms. The molecule has 1 unspecified atom stereocenters. The third-order valence-corrected chi connectivity index (χ3v) is 4.02. The molecule has 1 saturated carbocycles. The Balaban J connectivity index is 1.96. The maximum Gasteiger partial charge on any atom is 0.130 e. The standard InChI is InChI=1S/C16H23F2N/c1-12(15-10-9-13(17)11-16(15)18)19-14-7-5-3-2-4-6-8-14/h9-12,14,19H,2-8H2,1H3. The molecule has 3 heteroatoms. The zero-order valence-corrected chi connectivity index (χ0v) is 11.6. The van der Waals surface area contributed by atoms with E-state index in [1.54, 1.807) is 6.07 Å². The molecule has 19 heavy (non-hydrogen) atoms. The van der Waals surface area contributed by atoms with E-state index < -0.39 is 11.6 Å². The van der Waals surface area contributed by atoms with Crippen molar-refractivity contribution in [2.24, 2.45) is 0 Å². The van der Waals surface area contributed by atoms with Crippen LogP contribution in [-0.2, 0) is 0 Å². The average molecular weight is 267 g/mol. The van der Waals surface area contributed by atoms with Gasteiger partial charge in [-0.2, -0.15) is 0 Å². The van der Waals surface area contributed by atoms with E-state index >= 15 is 0 Å². The molecule has 1 nitrogen and oxygen atoms in total. The quantitative estimate of drug-likeness (QED) is 0.835. The maximum absolute atomic E-state index is 13.7. The Bertz CT molecular complexity index is 398. The van der Waals surface area contributed by atoms with Crippen molar-refractivity contribution in [2.45, 2.75) is 64.0 Å². The summed E-state index contributed by atoms with van der Waals surface area (Å²) >= 11 is 0. The molecule has 0 aromatic heterocycles. The molecule has 0 saturated heterocycles. The van der Waals surface area contributed by atoms with Crippen molar-refractivity contribution < 1.29 is 8.78 Å². The van der Waals surface area contributed by atoms with Gasteiger partial charge in [0.2, 0.25) is 0 Å². The van der Waals surface area contributed by atoms with Crippen molar-refractivity contribution in [3.05, 3.63) is 35.4 Å². The van der Waals surface area contributed by atoms with E-state index in [2.05, 4.69) is 5.32 Å². The lowest BCUT2D eigenvalue weighted by atomic mass is 9.95. The molecule has 0 heterocycles. The zero-order chi connectivity index (χ0) is 13.7. The molecule has 1 aromatic rings. The number of halogens is 2. The second-order valence-corrected chi connectivity index (χ2v) is 5.60. The van der Waals surface area contributed by atoms with Crippen LogP contribution in [-0.4, -0.2) is 6.04 Å². The summed E-state index contributed by atoms with van der Waals surface area (Å²) in [6.07, 6.45) is 8.76. The van der Waals surface area contributed by atoms with Crippen molar-refractivity contribution in [3.8, 4) is 0 Å². The van der Waals surface area contributed by atoms with Crippen LogP contribution in [0.25, 0.3) is 0 Å². The van der Waals surface area contributed by atoms with Crippen molar-refractivity contribution in [1.82, 2.24) is 5.32 Å². The van der Waals surface area contributed by atoms with Gasteiger partial charge >= 0.3 is 0 Å². The Hall–Kier alpha value is -0.960. The molecule has 106 valence electrons. The highest BCUT2D eigenvalue weighted by molar-refractivity contribution is 5.21. The van der Waals surface area contributed by atoms with Crippen molar-refractivity contribution >= 4 is 0 Å². The Kier molecular flexibility index (Phi) is 5.32. The normalized spacial score (nSPS) is 19.7. The highest BCUT2D eigenvalue weighted by Gasteiger charge is 2.17. The fourth-order valence-electron chi connectivity index (χ4n) is 2.92. The van der Waals surface area contributed by atoms with Crippen LogP contribution in [0.3, 0.4) is 0 Å². The van der Waals surface area contributed by atoms with Gasteiger partial charge in [-0.1, -0.05) is 38.2 Å². The number of hydrogen-bond acceptors (Lipinski definition) is 1. The molecule has 1 aromatic carbocycles. The van der Waals surface area contributed by atoms with Crippen LogP contribution < -0.4 is 5.32 Å². The molecule has 2 rings (SSSR count). The van der Waals surface area contributed by atoms with Gasteiger partial charge in [0.25, 0.3) is 0 Å². The smallest absolute Gasteiger partial charge is 0.130 e. The van der Waals surface area contributed by atoms with Gasteiger partial charge in [-0.15, -0.1) is 0 Å². The first-order valence-corrected chi connectivity index (χ1v) is 7.38. The van der Waals surface area contributed by atoms with E-state index in [0.717, 1.165) is 18.9 Å². The highest BCUT2D eigenvalue weighted by atomic mass is 19.1. The number of rotatable bonds is 3. The minimum Gasteiger partial charge on any atom is -0.307 e. The minimum absolute atomic E-state index is 0.0648. The molecule has 1 aliphatic rings. The van der Waals surface area contributed by atoms with E-state index in [0.29, 0.717) is 11.6 Å². The van der Waals surface area contributed by atoms with Crippen molar-refractivity contribution in [2.75, 3.05) is 0 Å². The van der Waals surface area contributed by atoms with Crippen LogP contribution in [0.2, 0.25) is 0 Å². The fourth-order valence-corrected chi connectivity index (χ4v) is 2.92. The van der Waals surface area contributed by atoms with Crippen molar-refractivity contribution in [1.29, 1.82) is 0 Å². The van der Waals surface area contributed by atoms with E-state index in [1.807, 2.05) is 6.92 Å². The third-order valence-electron chi connectivity index (χ3n) is 4.02. The van der Waals surface area contributed by atoms with E-state index in [-0.39, 0.29) is 6.04 Å². The molecular weight excluding hydrogens is 244 g/mol. The summed E-state index contributed by atoms with van der Waals surface area (Å²) in [4.78, 5) is 0. The topological polar surface area (TPSA) is 12.0 Å². The lowest BCUT2D eigenvalue weighted by Gasteiger charge is -2.25. The SMILES string of the molecule is CC(NC1CCCCCCC1)c1ccc(F)cc1F. The monoisotopic (exact) mass is 267 g/mol. The number of hydrogen-bond donors (Lipinski definition) is 1. The Morgan fingerprint density at radius 3 is 2.32 bits per heavy atom. The summed E-state index contributed by atoms with van der Waals surface area (Å²) < 4.78 is 26.6. The summed E-state index contributed by atoms with van der Waals surface area (Å²) in [6.45, 7) is 1.95. The second-order valence-electron chi connectivity index (χ2n) is 5.60. The Morgan fingerprint density at radius 1 is 1.05 bits per heavy atom. The molecule has 0 radical (unpaired) electrons. The van der Waals surface area contributed by atoms with Gasteiger partial charge in [0.05, 0.1) is 0 Å². The average Bonchev–Trinajstić information content (AvgIpc) is 2.32. The molecule has 1 aliphatic carbocycles. The summed E-state index contributed by atoms with van der Waals surface area (Å²) in [5.41, 5.74) is 0.559. The van der Waals surface area contributed by atoms with Gasteiger partial charge in [0, 0.05) is 23.7 Å². The summed E-state index contributed by atoms with van der Waals surface area (Å²) in [5.74, 6) is -0.967. The zero-order valence-electron chi connectivity index (χ0n) is 11.6. The number of nitrogens with one attached hydrogen (secondary N) is 1. The lowest BCUT2D eigenvalue weighted by Crippen LogP contribution is -2.32. The first kappa shape index (κ1) is 14.4. The van der Waals surface area contributed by atoms with Crippen molar-refractivity contribution in [3.63, 3.8) is 0 Å². The summed E-state index contributed by atoms with van der Waals surface area (Å²) in [5, 5.41) is 3.50. The molecular formula is C16H23F2N. The van der Waals surface area contributed by atoms with Crippen LogP contribution in [0.1, 0.15) is 63.5 Å². The molecule has 0 amide bonds. The van der Waals surface area contributed by atoms with Crippen LogP contribution in [0, 0.1) is 11.6 Å². The maximum atomic E-state index is 13.7. The molecule has 0 spiro atoms. The lowest BCUT2D eigenvalue weighted by molar-refractivity contribution is 0.358. The van der Waals surface area contributed by atoms with Gasteiger partial charge in [-0.25, -0.2) is 8.78 Å². The molecule has 1 atom stereocenters. The van der Waals surface area contributed by atoms with Crippen LogP contribution in [0.4, 0.5) is 8.78 Å². The minimum atomic E-state index is -0.514. The van der Waals surface area contributed by atoms with Crippen LogP contribution in [0.15, 0.2) is 18.2 Å². The molecule has 0 aliphatic heterocycles. The molecule has 1 N–H and O–H groups in total. The first-order valence-electron chi connectivity index (χ1n) is 7.38. The van der Waals surface area contributed by atoms with E-state index in [1.165, 1.54) is 38.2 Å². The Morgan fingerprint density at radius 2 is 1.68 bits per heavy atom. The van der Waals surface area contributed by atoms with Gasteiger partial charge in [0.1, 0.15) is 11.6 Å². The van der Waals surface area contributed by atoms with Gasteiger partial charge < -0.3 is 5.32 Å². The largest absolute Gasteiger partial charge is 0.307 e. The third kappa shape index (κ3) is 4.27. The second kappa shape index (κ2) is 6.99. The van der Waals surface area contributed by atoms with Gasteiger partial charge in [0.15, 0.2) is 0 Å². The van der Waals surface area contributed by atoms with Crippen LogP contribution >= 0.6 is 0 Å². The van der Waals surface area contributed by atoms with Gasteiger partial charge in [-0.3, -0.25) is 0 Å². The predicted molar refractivity (Wildman–Crippen MR) is 74.0 cm³/mol. The fraction of sp³-hybridized carbons (Fsp3) is 0.625. The van der Waals surface area contributed by atoms with Gasteiger partial charge in [-0.05, 0) is 25.8 Å². The molecule has 1 fully saturated rings. The van der Waals surface area contributed by atoms with E-state index in [9.17, 15) is 8.78 Å². The summed E-state index contributed by atoms with van der Waals surface area (Å²) in [6, 6.07) is 4.23.